The fraction of sp³-hybridized carbons (Fsp3) is 0.447. The van der Waals surface area contributed by atoms with E-state index in [0.29, 0.717) is 70.1 Å². The van der Waals surface area contributed by atoms with Gasteiger partial charge in [0.05, 0.1) is 54.0 Å². The number of rotatable bonds is 12. The standard InChI is InChI=1S/C24H26F4N2O3.C23H26Cl2N2O3/c1-15-5-7-29(8-6-15)9-10-33-21-13-18(3-4-20(21)32-2)30-14-16-11-17(25)12-19(24(26,27)28)22(16)23(30)31;1-15-7-9-26(10-8-15)11-12-30-20-13-17(4-6-19(20)29-2)27-14-16-3-5-18(24)22(25)21(16)23(27)28/h3-4,11-13,15H,5-10,14H2,1-2H3;3-6,13,15H,7-12,14H2,1-2H3. The zero-order valence-corrected chi connectivity index (χ0v) is 37.3. The maximum Gasteiger partial charge on any atom is 0.417 e. The molecule has 2 fully saturated rings. The molecule has 0 saturated carbocycles. The first kappa shape index (κ1) is 46.2. The number of carbonyl (C=O) groups excluding carboxylic acids is 2. The van der Waals surface area contributed by atoms with Crippen LogP contribution in [-0.4, -0.2) is 88.3 Å². The number of methoxy groups -OCH3 is 2. The van der Waals surface area contributed by atoms with Crippen LogP contribution in [0, 0.1) is 17.7 Å². The molecule has 4 heterocycles. The second-order valence-electron chi connectivity index (χ2n) is 16.6. The number of hydrogen-bond acceptors (Lipinski definition) is 8. The summed E-state index contributed by atoms with van der Waals surface area (Å²) in [6.07, 6.45) is -0.0573. The van der Waals surface area contributed by atoms with Crippen LogP contribution in [0.3, 0.4) is 0 Å². The van der Waals surface area contributed by atoms with Crippen molar-refractivity contribution in [2.24, 2.45) is 11.8 Å². The summed E-state index contributed by atoms with van der Waals surface area (Å²) < 4.78 is 76.9. The van der Waals surface area contributed by atoms with Crippen molar-refractivity contribution in [2.45, 2.75) is 58.8 Å². The van der Waals surface area contributed by atoms with E-state index >= 15 is 0 Å². The Bertz CT molecular complexity index is 2300. The van der Waals surface area contributed by atoms with E-state index in [2.05, 4.69) is 23.6 Å². The molecule has 0 atom stereocenters. The van der Waals surface area contributed by atoms with Crippen molar-refractivity contribution in [3.8, 4) is 23.0 Å². The normalized spacial score (nSPS) is 17.4. The van der Waals surface area contributed by atoms with E-state index in [1.807, 2.05) is 24.3 Å². The number of ether oxygens (including phenoxy) is 4. The van der Waals surface area contributed by atoms with Crippen molar-refractivity contribution in [1.29, 1.82) is 0 Å². The van der Waals surface area contributed by atoms with Gasteiger partial charge in [-0.25, -0.2) is 4.39 Å². The largest absolute Gasteiger partial charge is 0.493 e. The first-order chi connectivity index (χ1) is 30.1. The fourth-order valence-electron chi connectivity index (χ4n) is 8.42. The minimum atomic E-state index is -4.84. The van der Waals surface area contributed by atoms with E-state index in [-0.39, 0.29) is 18.0 Å². The minimum absolute atomic E-state index is 0.00457. The van der Waals surface area contributed by atoms with Gasteiger partial charge in [0.2, 0.25) is 0 Å². The van der Waals surface area contributed by atoms with Gasteiger partial charge in [-0.1, -0.05) is 43.1 Å². The van der Waals surface area contributed by atoms with Gasteiger partial charge < -0.3 is 28.7 Å². The molecule has 4 aliphatic heterocycles. The lowest BCUT2D eigenvalue weighted by Crippen LogP contribution is -2.35. The highest BCUT2D eigenvalue weighted by Crippen LogP contribution is 2.42. The van der Waals surface area contributed by atoms with Crippen LogP contribution in [0.2, 0.25) is 10.0 Å². The lowest BCUT2D eigenvalue weighted by Gasteiger charge is -2.30. The highest BCUT2D eigenvalue weighted by molar-refractivity contribution is 6.44. The summed E-state index contributed by atoms with van der Waals surface area (Å²) in [6.45, 7) is 11.7. The zero-order valence-electron chi connectivity index (χ0n) is 35.8. The van der Waals surface area contributed by atoms with Crippen molar-refractivity contribution in [1.82, 2.24) is 9.80 Å². The highest BCUT2D eigenvalue weighted by atomic mass is 35.5. The molecule has 0 aromatic heterocycles. The van der Waals surface area contributed by atoms with Gasteiger partial charge in [-0.15, -0.1) is 0 Å². The predicted molar refractivity (Wildman–Crippen MR) is 236 cm³/mol. The number of fused-ring (bicyclic) bond motifs is 2. The lowest BCUT2D eigenvalue weighted by atomic mass is 9.99. The third kappa shape index (κ3) is 10.6. The average molecular weight is 916 g/mol. The third-order valence-corrected chi connectivity index (χ3v) is 13.1. The molecular formula is C47H52Cl2F4N4O6. The molecule has 8 rings (SSSR count). The summed E-state index contributed by atoms with van der Waals surface area (Å²) in [5.41, 5.74) is 0.671. The van der Waals surface area contributed by atoms with Gasteiger partial charge in [0.15, 0.2) is 23.0 Å². The van der Waals surface area contributed by atoms with Crippen molar-refractivity contribution >= 4 is 46.4 Å². The van der Waals surface area contributed by atoms with E-state index in [1.165, 1.54) is 24.9 Å². The van der Waals surface area contributed by atoms with E-state index in [4.69, 9.17) is 42.1 Å². The van der Waals surface area contributed by atoms with E-state index in [1.54, 1.807) is 36.3 Å². The van der Waals surface area contributed by atoms with Crippen LogP contribution >= 0.6 is 23.2 Å². The average Bonchev–Trinajstić information content (AvgIpc) is 3.78. The number of anilines is 2. The third-order valence-electron chi connectivity index (χ3n) is 12.2. The maximum absolute atomic E-state index is 13.8. The quantitative estimate of drug-likeness (QED) is 0.130. The number of benzene rings is 4. The second-order valence-corrected chi connectivity index (χ2v) is 17.4. The summed E-state index contributed by atoms with van der Waals surface area (Å²) in [6, 6.07) is 15.2. The monoisotopic (exact) mass is 914 g/mol. The Morgan fingerprint density at radius 2 is 1.11 bits per heavy atom. The zero-order chi connectivity index (χ0) is 45.0. The first-order valence-corrected chi connectivity index (χ1v) is 22.0. The Balaban J connectivity index is 0.000000190. The number of carbonyl (C=O) groups is 2. The second kappa shape index (κ2) is 20.0. The van der Waals surface area contributed by atoms with Gasteiger partial charge in [-0.3, -0.25) is 19.4 Å². The molecule has 63 heavy (non-hydrogen) atoms. The van der Waals surface area contributed by atoms with Gasteiger partial charge >= 0.3 is 6.18 Å². The van der Waals surface area contributed by atoms with Crippen molar-refractivity contribution in [3.63, 3.8) is 0 Å². The Labute approximate surface area is 375 Å². The molecule has 0 N–H and O–H groups in total. The van der Waals surface area contributed by atoms with Gasteiger partial charge in [-0.05, 0) is 117 Å². The number of likely N-dealkylation sites (tertiary alicyclic amines) is 2. The topological polar surface area (TPSA) is 84.0 Å². The van der Waals surface area contributed by atoms with Crippen LogP contribution in [0.5, 0.6) is 23.0 Å². The molecule has 0 spiro atoms. The summed E-state index contributed by atoms with van der Waals surface area (Å²) in [5.74, 6) is 1.67. The smallest absolute Gasteiger partial charge is 0.417 e. The van der Waals surface area contributed by atoms with Crippen LogP contribution in [-0.2, 0) is 19.3 Å². The van der Waals surface area contributed by atoms with Crippen LogP contribution in [0.1, 0.15) is 76.9 Å². The van der Waals surface area contributed by atoms with Crippen molar-refractivity contribution in [2.75, 3.05) is 76.5 Å². The molecule has 16 heteroatoms. The Morgan fingerprint density at radius 3 is 1.59 bits per heavy atom. The number of piperidine rings is 2. The van der Waals surface area contributed by atoms with E-state index < -0.39 is 29.0 Å². The number of hydrogen-bond donors (Lipinski definition) is 0. The predicted octanol–water partition coefficient (Wildman–Crippen LogP) is 10.4. The Morgan fingerprint density at radius 1 is 0.635 bits per heavy atom. The molecule has 338 valence electrons. The lowest BCUT2D eigenvalue weighted by molar-refractivity contribution is -0.138. The Kier molecular flexibility index (Phi) is 14.6. The molecule has 2 amide bonds. The van der Waals surface area contributed by atoms with E-state index in [0.717, 1.165) is 81.3 Å². The van der Waals surface area contributed by atoms with Gasteiger partial charge in [0, 0.05) is 36.6 Å². The summed E-state index contributed by atoms with van der Waals surface area (Å²) in [5, 5.41) is 0.693. The first-order valence-electron chi connectivity index (χ1n) is 21.2. The number of nitrogens with zero attached hydrogens (tertiary/aromatic N) is 4. The molecule has 4 aromatic carbocycles. The SMILES string of the molecule is COc1ccc(N2Cc3cc(F)cc(C(F)(F)F)c3C2=O)cc1OCCN1CCC(C)CC1.COc1ccc(N2Cc3ccc(Cl)c(Cl)c3C2=O)cc1OCCN1CCC(C)CC1. The van der Waals surface area contributed by atoms with Crippen LogP contribution in [0.4, 0.5) is 28.9 Å². The van der Waals surface area contributed by atoms with Gasteiger partial charge in [0.1, 0.15) is 19.0 Å². The maximum atomic E-state index is 13.8. The summed E-state index contributed by atoms with van der Waals surface area (Å²) in [4.78, 5) is 33.5. The summed E-state index contributed by atoms with van der Waals surface area (Å²) >= 11 is 12.4. The van der Waals surface area contributed by atoms with Gasteiger partial charge in [-0.2, -0.15) is 13.2 Å². The molecular weight excluding hydrogens is 863 g/mol. The molecule has 4 aliphatic rings. The van der Waals surface area contributed by atoms with Crippen LogP contribution in [0.25, 0.3) is 0 Å². The molecule has 0 radical (unpaired) electrons. The van der Waals surface area contributed by atoms with Crippen molar-refractivity contribution < 1.29 is 46.1 Å². The molecule has 10 nitrogen and oxygen atoms in total. The van der Waals surface area contributed by atoms with Gasteiger partial charge in [0.25, 0.3) is 11.8 Å². The van der Waals surface area contributed by atoms with E-state index in [9.17, 15) is 27.2 Å². The number of amides is 2. The molecule has 0 unspecified atom stereocenters. The summed E-state index contributed by atoms with van der Waals surface area (Å²) in [7, 11) is 3.11. The molecule has 0 bridgehead atoms. The molecule has 2 saturated heterocycles. The van der Waals surface area contributed by atoms with Crippen molar-refractivity contribution in [3.05, 3.63) is 104 Å². The molecule has 4 aromatic rings. The van der Waals surface area contributed by atoms with Crippen LogP contribution < -0.4 is 28.7 Å². The van der Waals surface area contributed by atoms with Crippen LogP contribution in [0.15, 0.2) is 60.7 Å². The number of halogens is 6. The number of alkyl halides is 3. The minimum Gasteiger partial charge on any atom is -0.493 e. The Hall–Kier alpha value is -4.76. The highest BCUT2D eigenvalue weighted by Gasteiger charge is 2.42. The fourth-order valence-corrected chi connectivity index (χ4v) is 8.84. The molecule has 0 aliphatic carbocycles.